The lowest BCUT2D eigenvalue weighted by molar-refractivity contribution is -0.0225. The Labute approximate surface area is 246 Å². The summed E-state index contributed by atoms with van der Waals surface area (Å²) in [6.07, 6.45) is 22.9. The Morgan fingerprint density at radius 2 is 0.575 bits per heavy atom. The summed E-state index contributed by atoms with van der Waals surface area (Å²) in [4.78, 5) is 0. The van der Waals surface area contributed by atoms with Crippen LogP contribution >= 0.6 is 0 Å². The Morgan fingerprint density at radius 3 is 0.875 bits per heavy atom. The third kappa shape index (κ3) is 37.2. The van der Waals surface area contributed by atoms with Crippen molar-refractivity contribution in [3.8, 4) is 12.3 Å². The molecule has 0 rings (SSSR count). The first-order chi connectivity index (χ1) is 19.9. The summed E-state index contributed by atoms with van der Waals surface area (Å²) in [5.74, 6) is 2.40. The SMILES string of the molecule is C#CCOCCOCCOCCOCCOCCOCCOCCOCCCCCCCCCCCCCCC. The Morgan fingerprint density at radius 1 is 0.325 bits per heavy atom. The van der Waals surface area contributed by atoms with Gasteiger partial charge in [0.25, 0.3) is 0 Å². The molecular weight excluding hydrogens is 512 g/mol. The quantitative estimate of drug-likeness (QED) is 0.0682. The number of rotatable bonds is 36. The molecule has 0 fully saturated rings. The van der Waals surface area contributed by atoms with Crippen LogP contribution < -0.4 is 0 Å². The van der Waals surface area contributed by atoms with Crippen LogP contribution in [0.25, 0.3) is 0 Å². The Bertz CT molecular complexity index is 486. The van der Waals surface area contributed by atoms with Crippen molar-refractivity contribution in [3.05, 3.63) is 0 Å². The molecule has 0 aromatic heterocycles. The van der Waals surface area contributed by atoms with Crippen LogP contribution in [-0.4, -0.2) is 106 Å². The minimum absolute atomic E-state index is 0.318. The molecule has 0 N–H and O–H groups in total. The first-order valence-corrected chi connectivity index (χ1v) is 16.0. The second-order valence-corrected chi connectivity index (χ2v) is 9.79. The summed E-state index contributed by atoms with van der Waals surface area (Å²) < 4.78 is 43.5. The highest BCUT2D eigenvalue weighted by molar-refractivity contribution is 4.82. The van der Waals surface area contributed by atoms with Crippen molar-refractivity contribution in [1.29, 1.82) is 0 Å². The molecule has 0 bridgehead atoms. The van der Waals surface area contributed by atoms with Crippen LogP contribution in [0.2, 0.25) is 0 Å². The molecule has 0 aliphatic carbocycles. The summed E-state index contributed by atoms with van der Waals surface area (Å²) in [5.41, 5.74) is 0. The Hall–Kier alpha value is -0.760. The van der Waals surface area contributed by atoms with Crippen molar-refractivity contribution in [3.63, 3.8) is 0 Å². The molecular formula is C32H62O8. The van der Waals surface area contributed by atoms with Crippen molar-refractivity contribution in [2.75, 3.05) is 106 Å². The largest absolute Gasteiger partial charge is 0.379 e. The van der Waals surface area contributed by atoms with Crippen molar-refractivity contribution < 1.29 is 37.9 Å². The van der Waals surface area contributed by atoms with Crippen molar-refractivity contribution >= 4 is 0 Å². The summed E-state index contributed by atoms with van der Waals surface area (Å²) in [5, 5.41) is 0. The van der Waals surface area contributed by atoms with Gasteiger partial charge in [-0.05, 0) is 6.42 Å². The van der Waals surface area contributed by atoms with E-state index < -0.39 is 0 Å². The van der Waals surface area contributed by atoms with Gasteiger partial charge in [-0.1, -0.05) is 89.9 Å². The lowest BCUT2D eigenvalue weighted by Gasteiger charge is -2.08. The monoisotopic (exact) mass is 574 g/mol. The van der Waals surface area contributed by atoms with Gasteiger partial charge in [0.05, 0.1) is 92.5 Å². The van der Waals surface area contributed by atoms with Crippen LogP contribution in [0.15, 0.2) is 0 Å². The van der Waals surface area contributed by atoms with Crippen LogP contribution in [0.3, 0.4) is 0 Å². The molecule has 0 aliphatic heterocycles. The number of hydrogen-bond donors (Lipinski definition) is 0. The summed E-state index contributed by atoms with van der Waals surface area (Å²) in [6, 6.07) is 0. The summed E-state index contributed by atoms with van der Waals surface area (Å²) in [7, 11) is 0. The third-order valence-corrected chi connectivity index (χ3v) is 6.18. The molecule has 0 unspecified atom stereocenters. The van der Waals surface area contributed by atoms with Crippen LogP contribution in [0.4, 0.5) is 0 Å². The van der Waals surface area contributed by atoms with E-state index in [-0.39, 0.29) is 0 Å². The molecule has 0 aromatic rings. The maximum absolute atomic E-state index is 5.66. The van der Waals surface area contributed by atoms with E-state index in [4.69, 9.17) is 44.3 Å². The second-order valence-electron chi connectivity index (χ2n) is 9.79. The molecule has 8 nitrogen and oxygen atoms in total. The molecule has 0 saturated carbocycles. The van der Waals surface area contributed by atoms with Crippen LogP contribution in [0, 0.1) is 12.3 Å². The van der Waals surface area contributed by atoms with Gasteiger partial charge in [-0.25, -0.2) is 0 Å². The highest BCUT2D eigenvalue weighted by Gasteiger charge is 1.96. The molecule has 0 saturated heterocycles. The van der Waals surface area contributed by atoms with Gasteiger partial charge < -0.3 is 37.9 Å². The lowest BCUT2D eigenvalue weighted by atomic mass is 10.0. The smallest absolute Gasteiger partial charge is 0.107 e. The molecule has 0 atom stereocenters. The molecule has 0 aliphatic rings. The second kappa shape index (κ2) is 38.2. The zero-order valence-electron chi connectivity index (χ0n) is 25.8. The molecule has 0 heterocycles. The van der Waals surface area contributed by atoms with Gasteiger partial charge in [0.1, 0.15) is 6.61 Å². The van der Waals surface area contributed by atoms with Crippen molar-refractivity contribution in [1.82, 2.24) is 0 Å². The Kier molecular flexibility index (Phi) is 37.5. The van der Waals surface area contributed by atoms with Crippen LogP contribution in [-0.2, 0) is 37.9 Å². The number of hydrogen-bond acceptors (Lipinski definition) is 8. The van der Waals surface area contributed by atoms with Gasteiger partial charge in [-0.15, -0.1) is 6.42 Å². The zero-order valence-corrected chi connectivity index (χ0v) is 25.8. The fraction of sp³-hybridized carbons (Fsp3) is 0.938. The van der Waals surface area contributed by atoms with Crippen LogP contribution in [0.1, 0.15) is 90.4 Å². The Balaban J connectivity index is 3.02. The van der Waals surface area contributed by atoms with Gasteiger partial charge in [0, 0.05) is 6.61 Å². The molecule has 8 heteroatoms. The average Bonchev–Trinajstić information content (AvgIpc) is 2.97. The minimum Gasteiger partial charge on any atom is -0.379 e. The highest BCUT2D eigenvalue weighted by atomic mass is 16.6. The van der Waals surface area contributed by atoms with E-state index in [2.05, 4.69) is 12.8 Å². The lowest BCUT2D eigenvalue weighted by Crippen LogP contribution is -2.15. The predicted octanol–water partition coefficient (Wildman–Crippen LogP) is 5.84. The van der Waals surface area contributed by atoms with Crippen LogP contribution in [0.5, 0.6) is 0 Å². The minimum atomic E-state index is 0.318. The average molecular weight is 575 g/mol. The first-order valence-electron chi connectivity index (χ1n) is 16.0. The molecule has 0 amide bonds. The van der Waals surface area contributed by atoms with E-state index in [1.807, 2.05) is 0 Å². The van der Waals surface area contributed by atoms with Crippen molar-refractivity contribution in [2.45, 2.75) is 90.4 Å². The van der Waals surface area contributed by atoms with Gasteiger partial charge >= 0.3 is 0 Å². The predicted molar refractivity (Wildman–Crippen MR) is 161 cm³/mol. The first kappa shape index (κ1) is 39.2. The molecule has 238 valence electrons. The van der Waals surface area contributed by atoms with Crippen molar-refractivity contribution in [2.24, 2.45) is 0 Å². The van der Waals surface area contributed by atoms with E-state index in [9.17, 15) is 0 Å². The van der Waals surface area contributed by atoms with E-state index in [1.54, 1.807) is 0 Å². The number of terminal acetylenes is 1. The zero-order chi connectivity index (χ0) is 28.9. The third-order valence-electron chi connectivity index (χ3n) is 6.18. The maximum atomic E-state index is 5.66. The molecule has 40 heavy (non-hydrogen) atoms. The van der Waals surface area contributed by atoms with Gasteiger partial charge in [0.2, 0.25) is 0 Å². The number of ether oxygens (including phenoxy) is 8. The van der Waals surface area contributed by atoms with E-state index in [0.717, 1.165) is 13.0 Å². The van der Waals surface area contributed by atoms with E-state index in [0.29, 0.717) is 99.1 Å². The molecule has 0 spiro atoms. The van der Waals surface area contributed by atoms with Gasteiger partial charge in [0.15, 0.2) is 0 Å². The number of unbranched alkanes of at least 4 members (excludes halogenated alkanes) is 12. The molecule has 0 radical (unpaired) electrons. The van der Waals surface area contributed by atoms with E-state index in [1.165, 1.54) is 77.0 Å². The highest BCUT2D eigenvalue weighted by Crippen LogP contribution is 2.12. The normalized spacial score (nSPS) is 11.3. The summed E-state index contributed by atoms with van der Waals surface area (Å²) >= 11 is 0. The fourth-order valence-corrected chi connectivity index (χ4v) is 3.89. The molecule has 0 aromatic carbocycles. The topological polar surface area (TPSA) is 73.8 Å². The standard InChI is InChI=1S/C32H62O8/c1-3-5-6-7-8-9-10-11-12-13-14-15-16-18-34-20-22-36-24-26-38-28-30-40-32-31-39-29-27-37-25-23-35-21-19-33-17-4-2/h2H,3,5-32H2,1H3. The van der Waals surface area contributed by atoms with Gasteiger partial charge in [-0.2, -0.15) is 0 Å². The van der Waals surface area contributed by atoms with Gasteiger partial charge in [-0.3, -0.25) is 0 Å². The fourth-order valence-electron chi connectivity index (χ4n) is 3.89. The van der Waals surface area contributed by atoms with E-state index >= 15 is 0 Å². The summed E-state index contributed by atoms with van der Waals surface area (Å²) in [6.45, 7) is 11.2. The maximum Gasteiger partial charge on any atom is 0.107 e.